The summed E-state index contributed by atoms with van der Waals surface area (Å²) in [5, 5.41) is 0. The van der Waals surface area contributed by atoms with Crippen LogP contribution in [0.1, 0.15) is 86.6 Å². The number of esters is 1. The van der Waals surface area contributed by atoms with Crippen LogP contribution in [0.25, 0.3) is 0 Å². The van der Waals surface area contributed by atoms with E-state index in [2.05, 4.69) is 6.92 Å². The lowest BCUT2D eigenvalue weighted by Gasteiger charge is -2.40. The zero-order chi connectivity index (χ0) is 24.2. The first-order valence-electron chi connectivity index (χ1n) is 11.5. The van der Waals surface area contributed by atoms with Crippen molar-refractivity contribution < 1.29 is 29.0 Å². The minimum absolute atomic E-state index is 0.230. The summed E-state index contributed by atoms with van der Waals surface area (Å²) in [6.07, 6.45) is 11.2. The van der Waals surface area contributed by atoms with E-state index in [1.165, 1.54) is 44.9 Å². The van der Waals surface area contributed by atoms with Gasteiger partial charge in [-0.2, -0.15) is 0 Å². The van der Waals surface area contributed by atoms with Crippen LogP contribution in [0.5, 0.6) is 5.75 Å². The van der Waals surface area contributed by atoms with Gasteiger partial charge in [0.15, 0.2) is 0 Å². The van der Waals surface area contributed by atoms with Crippen LogP contribution < -0.4 is 4.74 Å². The summed E-state index contributed by atoms with van der Waals surface area (Å²) in [5.41, 5.74) is 1.41. The number of halogens is 5. The average molecular weight is 491 g/mol. The van der Waals surface area contributed by atoms with Crippen LogP contribution in [0.4, 0.5) is 19.4 Å². The molecule has 0 radical (unpaired) electrons. The van der Waals surface area contributed by atoms with Crippen molar-refractivity contribution in [3.05, 3.63) is 59.7 Å². The van der Waals surface area contributed by atoms with Crippen LogP contribution in [0.15, 0.2) is 53.4 Å². The molecule has 0 N–H and O–H groups in total. The van der Waals surface area contributed by atoms with Gasteiger partial charge in [0.05, 0.1) is 5.56 Å². The second-order valence-corrected chi connectivity index (χ2v) is 11.4. The van der Waals surface area contributed by atoms with E-state index in [0.29, 0.717) is 5.92 Å². The topological polar surface area (TPSA) is 26.3 Å². The van der Waals surface area contributed by atoms with Gasteiger partial charge in [-0.15, -0.1) is 0 Å². The third kappa shape index (κ3) is 7.45. The second kappa shape index (κ2) is 9.28. The lowest BCUT2D eigenvalue weighted by Crippen LogP contribution is -2.14. The second-order valence-electron chi connectivity index (χ2n) is 9.02. The quantitative estimate of drug-likeness (QED) is 0.151. The van der Waals surface area contributed by atoms with Crippen molar-refractivity contribution >= 4 is 16.2 Å². The number of benzene rings is 2. The van der Waals surface area contributed by atoms with E-state index in [1.807, 2.05) is 12.1 Å². The molecule has 2 nitrogen and oxygen atoms in total. The smallest absolute Gasteiger partial charge is 0.343 e. The van der Waals surface area contributed by atoms with Gasteiger partial charge in [-0.05, 0) is 79.5 Å². The number of carbonyl (C=O) groups is 1. The number of hydrogen-bond donors (Lipinski definition) is 0. The summed E-state index contributed by atoms with van der Waals surface area (Å²) >= 11 is 0. The molecular formula is C25H31F5O2S. The highest BCUT2D eigenvalue weighted by atomic mass is 32.5. The highest BCUT2D eigenvalue weighted by Crippen LogP contribution is 3.02. The first-order chi connectivity index (χ1) is 15.4. The molecule has 0 aliphatic heterocycles. The van der Waals surface area contributed by atoms with Crippen molar-refractivity contribution in [1.82, 2.24) is 0 Å². The fraction of sp³-hybridized carbons (Fsp3) is 0.480. The minimum Gasteiger partial charge on any atom is -0.423 e. The van der Waals surface area contributed by atoms with Gasteiger partial charge >= 0.3 is 16.2 Å². The number of hydrogen-bond acceptors (Lipinski definition) is 2. The van der Waals surface area contributed by atoms with Crippen molar-refractivity contribution in [1.29, 1.82) is 0 Å². The zero-order valence-electron chi connectivity index (χ0n) is 18.8. The predicted molar refractivity (Wildman–Crippen MR) is 123 cm³/mol. The van der Waals surface area contributed by atoms with Gasteiger partial charge in [-0.1, -0.05) is 70.6 Å². The summed E-state index contributed by atoms with van der Waals surface area (Å²) in [5.74, 6) is 0.281. The van der Waals surface area contributed by atoms with Gasteiger partial charge in [0.2, 0.25) is 0 Å². The normalized spacial score (nSPS) is 21.2. The molecule has 0 amide bonds. The summed E-state index contributed by atoms with van der Waals surface area (Å²) in [6.45, 7) is 2.22. The molecule has 0 aromatic heterocycles. The Kier molecular flexibility index (Phi) is 7.18. The molecule has 184 valence electrons. The number of ether oxygens (including phenoxy) is 1. The zero-order valence-corrected chi connectivity index (χ0v) is 19.6. The van der Waals surface area contributed by atoms with E-state index in [4.69, 9.17) is 4.74 Å². The van der Waals surface area contributed by atoms with Gasteiger partial charge in [-0.25, -0.2) is 4.79 Å². The van der Waals surface area contributed by atoms with Crippen LogP contribution in [0.2, 0.25) is 0 Å². The molecule has 1 aliphatic rings. The Hall–Kier alpha value is -2.09. The van der Waals surface area contributed by atoms with Gasteiger partial charge in [0, 0.05) is 0 Å². The fourth-order valence-corrected chi connectivity index (χ4v) is 5.12. The van der Waals surface area contributed by atoms with Gasteiger partial charge in [-0.3, -0.25) is 0 Å². The fourth-order valence-electron chi connectivity index (χ4n) is 4.47. The summed E-state index contributed by atoms with van der Waals surface area (Å²) in [4.78, 5) is 10.3. The molecule has 0 saturated heterocycles. The molecule has 1 saturated carbocycles. The maximum atomic E-state index is 12.8. The van der Waals surface area contributed by atoms with Crippen LogP contribution >= 0.6 is 10.2 Å². The first kappa shape index (κ1) is 25.5. The SMILES string of the molecule is CCCCCC[C@H]1CC[C@H](c2ccc(C(=O)Oc3ccc(S(F)(F)(F)(F)F)cc3)cc2)CC1. The Labute approximate surface area is 192 Å². The molecule has 3 rings (SSSR count). The number of rotatable bonds is 9. The Morgan fingerprint density at radius 3 is 2.00 bits per heavy atom. The maximum Gasteiger partial charge on any atom is 0.343 e. The summed E-state index contributed by atoms with van der Waals surface area (Å²) in [7, 11) is -9.75. The lowest BCUT2D eigenvalue weighted by atomic mass is 9.77. The molecule has 33 heavy (non-hydrogen) atoms. The Morgan fingerprint density at radius 2 is 1.45 bits per heavy atom. The van der Waals surface area contributed by atoms with E-state index in [9.17, 15) is 24.2 Å². The molecule has 0 heterocycles. The van der Waals surface area contributed by atoms with Crippen LogP contribution in [-0.2, 0) is 0 Å². The van der Waals surface area contributed by atoms with Crippen molar-refractivity contribution in [2.75, 3.05) is 0 Å². The van der Waals surface area contributed by atoms with E-state index >= 15 is 0 Å². The van der Waals surface area contributed by atoms with Crippen molar-refractivity contribution in [2.45, 2.75) is 75.5 Å². The third-order valence-corrected chi connectivity index (χ3v) is 7.57. The molecule has 8 heteroatoms. The molecular weight excluding hydrogens is 459 g/mol. The molecule has 0 atom stereocenters. The number of carbonyl (C=O) groups excluding carboxylic acids is 1. The van der Waals surface area contributed by atoms with E-state index < -0.39 is 21.1 Å². The maximum absolute atomic E-state index is 12.8. The van der Waals surface area contributed by atoms with Crippen molar-refractivity contribution in [2.24, 2.45) is 5.92 Å². The molecule has 0 spiro atoms. The van der Waals surface area contributed by atoms with Gasteiger partial charge < -0.3 is 4.74 Å². The minimum atomic E-state index is -9.75. The highest BCUT2D eigenvalue weighted by molar-refractivity contribution is 8.45. The van der Waals surface area contributed by atoms with E-state index in [0.717, 1.165) is 36.5 Å². The molecule has 2 aromatic carbocycles. The van der Waals surface area contributed by atoms with Gasteiger partial charge in [0.1, 0.15) is 10.6 Å². The predicted octanol–water partition coefficient (Wildman–Crippen LogP) is 9.81. The summed E-state index contributed by atoms with van der Waals surface area (Å²) in [6, 6.07) is 8.95. The summed E-state index contributed by atoms with van der Waals surface area (Å²) < 4.78 is 69.0. The number of unbranched alkanes of at least 4 members (excludes halogenated alkanes) is 3. The monoisotopic (exact) mass is 490 g/mol. The Morgan fingerprint density at radius 1 is 0.848 bits per heavy atom. The van der Waals surface area contributed by atoms with Crippen LogP contribution in [0, 0.1) is 5.92 Å². The molecule has 2 aromatic rings. The molecule has 0 unspecified atom stereocenters. The first-order valence-corrected chi connectivity index (χ1v) is 13.5. The molecule has 1 aliphatic carbocycles. The highest BCUT2D eigenvalue weighted by Gasteiger charge is 2.65. The Balaban J connectivity index is 1.53. The third-order valence-electron chi connectivity index (χ3n) is 6.41. The largest absolute Gasteiger partial charge is 0.423 e. The Bertz CT molecular complexity index is 932. The van der Waals surface area contributed by atoms with E-state index in [-0.39, 0.29) is 23.4 Å². The lowest BCUT2D eigenvalue weighted by molar-refractivity contribution is 0.0734. The van der Waals surface area contributed by atoms with Crippen molar-refractivity contribution in [3.63, 3.8) is 0 Å². The van der Waals surface area contributed by atoms with Crippen molar-refractivity contribution in [3.8, 4) is 5.75 Å². The molecule has 0 bridgehead atoms. The molecule has 1 fully saturated rings. The van der Waals surface area contributed by atoms with E-state index in [1.54, 1.807) is 12.1 Å². The average Bonchev–Trinajstić information content (AvgIpc) is 2.76. The van der Waals surface area contributed by atoms with Crippen LogP contribution in [0.3, 0.4) is 0 Å². The standard InChI is InChI=1S/C25H31F5O2S/c1-2-3-4-5-6-19-7-9-20(10-8-19)21-11-13-22(14-12-21)25(31)32-23-15-17-24(18-16-23)33(26,27,28,29)30/h11-20H,2-10H2,1H3/t19-,20-. The van der Waals surface area contributed by atoms with Gasteiger partial charge in [0.25, 0.3) is 0 Å². The van der Waals surface area contributed by atoms with Crippen LogP contribution in [-0.4, -0.2) is 5.97 Å².